The van der Waals surface area contributed by atoms with Crippen LogP contribution in [0.2, 0.25) is 0 Å². The molecule has 5 amide bonds. The Morgan fingerprint density at radius 2 is 1.89 bits per heavy atom. The van der Waals surface area contributed by atoms with Gasteiger partial charge in [0.05, 0.1) is 20.6 Å². The normalized spacial score (nSPS) is 27.6. The Kier molecular flexibility index (Phi) is 6.77. The molecular formula is C26H34N4O6. The van der Waals surface area contributed by atoms with E-state index in [-0.39, 0.29) is 48.6 Å². The number of benzene rings is 1. The van der Waals surface area contributed by atoms with Crippen molar-refractivity contribution < 1.29 is 28.7 Å². The fourth-order valence-electron chi connectivity index (χ4n) is 6.32. The van der Waals surface area contributed by atoms with Crippen molar-refractivity contribution in [2.75, 3.05) is 40.4 Å². The van der Waals surface area contributed by atoms with Gasteiger partial charge in [0.15, 0.2) is 11.5 Å². The maximum absolute atomic E-state index is 13.2. The van der Waals surface area contributed by atoms with E-state index in [0.717, 1.165) is 24.8 Å². The molecule has 36 heavy (non-hydrogen) atoms. The molecule has 0 radical (unpaired) electrons. The molecule has 4 fully saturated rings. The van der Waals surface area contributed by atoms with Crippen molar-refractivity contribution in [1.29, 1.82) is 0 Å². The number of imide groups is 1. The Hall–Kier alpha value is -3.30. The van der Waals surface area contributed by atoms with Crippen LogP contribution in [-0.2, 0) is 20.8 Å². The van der Waals surface area contributed by atoms with Crippen LogP contribution < -0.4 is 14.8 Å². The van der Waals surface area contributed by atoms with Crippen LogP contribution in [0.4, 0.5) is 4.79 Å². The zero-order valence-electron chi connectivity index (χ0n) is 20.9. The number of carbonyl (C=O) groups excluding carboxylic acids is 4. The maximum atomic E-state index is 13.2. The number of nitrogens with one attached hydrogen (secondary N) is 1. The van der Waals surface area contributed by atoms with Gasteiger partial charge in [-0.3, -0.25) is 19.3 Å². The number of methoxy groups -OCH3 is 2. The molecule has 1 aromatic rings. The number of piperidine rings is 3. The largest absolute Gasteiger partial charge is 0.493 e. The Balaban J connectivity index is 1.17. The topological polar surface area (TPSA) is 108 Å². The van der Waals surface area contributed by atoms with E-state index in [9.17, 15) is 19.2 Å². The highest BCUT2D eigenvalue weighted by molar-refractivity contribution is 6.05. The standard InChI is InChI=1S/C26H34N4O6/c1-35-21-7-6-16(11-22(21)36-2)8-9-29-25(33)19(27-26(29)34)12-24(32)28-13-17-10-18(15-28)20-4-3-5-23(31)30(20)14-17/h6-7,11,17-20H,3-5,8-10,12-15H2,1-2H3,(H,27,34)/t17-,18+,19+,20+/m1/s1. The predicted molar refractivity (Wildman–Crippen MR) is 129 cm³/mol. The Morgan fingerprint density at radius 1 is 1.08 bits per heavy atom. The SMILES string of the molecule is COc1ccc(CCN2C(=O)N[C@@H](CC(=O)N3C[C@H]4C[C@@H](C3)[C@@H]3CCCC(=O)N3C4)C2=O)cc1OC. The van der Waals surface area contributed by atoms with E-state index in [1.165, 1.54) is 4.90 Å². The summed E-state index contributed by atoms with van der Waals surface area (Å²) in [6.07, 6.45) is 4.01. The van der Waals surface area contributed by atoms with Crippen LogP contribution in [0.3, 0.4) is 0 Å². The van der Waals surface area contributed by atoms with Gasteiger partial charge in [0.1, 0.15) is 6.04 Å². The smallest absolute Gasteiger partial charge is 0.324 e. The first-order valence-corrected chi connectivity index (χ1v) is 12.8. The number of urea groups is 1. The van der Waals surface area contributed by atoms with Gasteiger partial charge in [0.25, 0.3) is 5.91 Å². The first kappa shape index (κ1) is 24.4. The second-order valence-corrected chi connectivity index (χ2v) is 10.3. The van der Waals surface area contributed by atoms with Crippen molar-refractivity contribution in [3.05, 3.63) is 23.8 Å². The van der Waals surface area contributed by atoms with Crippen molar-refractivity contribution in [3.63, 3.8) is 0 Å². The van der Waals surface area contributed by atoms with E-state index in [4.69, 9.17) is 9.47 Å². The highest BCUT2D eigenvalue weighted by Gasteiger charge is 2.46. The molecule has 10 heteroatoms. The summed E-state index contributed by atoms with van der Waals surface area (Å²) in [5.74, 6) is 1.53. The lowest BCUT2D eigenvalue weighted by molar-refractivity contribution is -0.149. The third kappa shape index (κ3) is 4.60. The van der Waals surface area contributed by atoms with Gasteiger partial charge in [-0.2, -0.15) is 0 Å². The molecule has 2 bridgehead atoms. The number of ether oxygens (including phenoxy) is 2. The van der Waals surface area contributed by atoms with Gasteiger partial charge >= 0.3 is 6.03 Å². The lowest BCUT2D eigenvalue weighted by Crippen LogP contribution is -2.61. The van der Waals surface area contributed by atoms with Crippen molar-refractivity contribution in [3.8, 4) is 11.5 Å². The summed E-state index contributed by atoms with van der Waals surface area (Å²) < 4.78 is 10.6. The van der Waals surface area contributed by atoms with Gasteiger partial charge in [-0.05, 0) is 55.2 Å². The number of carbonyl (C=O) groups is 4. The van der Waals surface area contributed by atoms with E-state index < -0.39 is 12.1 Å². The van der Waals surface area contributed by atoms with Crippen LogP contribution in [-0.4, -0.2) is 90.9 Å². The van der Waals surface area contributed by atoms with Crippen molar-refractivity contribution >= 4 is 23.8 Å². The number of hydrogen-bond donors (Lipinski definition) is 1. The summed E-state index contributed by atoms with van der Waals surface area (Å²) in [6.45, 7) is 2.14. The highest BCUT2D eigenvalue weighted by atomic mass is 16.5. The molecule has 0 spiro atoms. The van der Waals surface area contributed by atoms with Crippen LogP contribution in [0, 0.1) is 11.8 Å². The third-order valence-corrected chi connectivity index (χ3v) is 8.09. The first-order valence-electron chi connectivity index (χ1n) is 12.8. The molecule has 4 atom stereocenters. The van der Waals surface area contributed by atoms with Gasteiger partial charge in [-0.25, -0.2) is 4.79 Å². The van der Waals surface area contributed by atoms with E-state index in [1.54, 1.807) is 20.3 Å². The molecule has 0 unspecified atom stereocenters. The number of likely N-dealkylation sites (tertiary alicyclic amines) is 1. The quantitative estimate of drug-likeness (QED) is 0.570. The van der Waals surface area contributed by atoms with Gasteiger partial charge in [-0.1, -0.05) is 6.07 Å². The average Bonchev–Trinajstić information content (AvgIpc) is 3.14. The molecule has 1 aromatic carbocycles. The number of rotatable bonds is 7. The van der Waals surface area contributed by atoms with Crippen molar-refractivity contribution in [1.82, 2.24) is 20.0 Å². The second-order valence-electron chi connectivity index (χ2n) is 10.3. The van der Waals surface area contributed by atoms with E-state index in [2.05, 4.69) is 5.32 Å². The Bertz CT molecular complexity index is 1060. The highest BCUT2D eigenvalue weighted by Crippen LogP contribution is 2.38. The summed E-state index contributed by atoms with van der Waals surface area (Å²) in [5, 5.41) is 2.69. The molecule has 0 aliphatic carbocycles. The Morgan fingerprint density at radius 3 is 2.67 bits per heavy atom. The van der Waals surface area contributed by atoms with Gasteiger partial charge < -0.3 is 24.6 Å². The summed E-state index contributed by atoms with van der Waals surface area (Å²) in [6, 6.07) is 4.40. The molecule has 1 N–H and O–H groups in total. The molecule has 0 saturated carbocycles. The average molecular weight is 499 g/mol. The Labute approximate surface area is 210 Å². The first-order chi connectivity index (χ1) is 17.4. The summed E-state index contributed by atoms with van der Waals surface area (Å²) in [7, 11) is 3.12. The molecule has 4 aliphatic rings. The molecular weight excluding hydrogens is 464 g/mol. The van der Waals surface area contributed by atoms with E-state index >= 15 is 0 Å². The zero-order chi connectivity index (χ0) is 25.4. The number of hydrogen-bond acceptors (Lipinski definition) is 6. The van der Waals surface area contributed by atoms with E-state index in [1.807, 2.05) is 21.9 Å². The van der Waals surface area contributed by atoms with Crippen LogP contribution in [0.1, 0.15) is 37.7 Å². The maximum Gasteiger partial charge on any atom is 0.324 e. The molecule has 4 aliphatic heterocycles. The summed E-state index contributed by atoms with van der Waals surface area (Å²) in [4.78, 5) is 56.1. The molecule has 194 valence electrons. The molecule has 4 heterocycles. The lowest BCUT2D eigenvalue weighted by Gasteiger charge is -2.52. The second kappa shape index (κ2) is 9.99. The number of amides is 5. The monoisotopic (exact) mass is 498 g/mol. The van der Waals surface area contributed by atoms with Crippen molar-refractivity contribution in [2.45, 2.75) is 50.6 Å². The van der Waals surface area contributed by atoms with Gasteiger partial charge in [-0.15, -0.1) is 0 Å². The predicted octanol–water partition coefficient (Wildman–Crippen LogP) is 1.42. The number of nitrogens with zero attached hydrogens (tertiary/aromatic N) is 3. The van der Waals surface area contributed by atoms with Gasteiger partial charge in [0, 0.05) is 38.6 Å². The van der Waals surface area contributed by atoms with Crippen LogP contribution in [0.15, 0.2) is 18.2 Å². The van der Waals surface area contributed by atoms with Crippen LogP contribution in [0.5, 0.6) is 11.5 Å². The zero-order valence-corrected chi connectivity index (χ0v) is 20.9. The minimum Gasteiger partial charge on any atom is -0.493 e. The van der Waals surface area contributed by atoms with Crippen LogP contribution >= 0.6 is 0 Å². The third-order valence-electron chi connectivity index (χ3n) is 8.09. The fourth-order valence-corrected chi connectivity index (χ4v) is 6.32. The molecule has 5 rings (SSSR count). The van der Waals surface area contributed by atoms with Crippen molar-refractivity contribution in [2.24, 2.45) is 11.8 Å². The molecule has 10 nitrogen and oxygen atoms in total. The minimum absolute atomic E-state index is 0.0375. The van der Waals surface area contributed by atoms with Gasteiger partial charge in [0.2, 0.25) is 11.8 Å². The molecule has 4 saturated heterocycles. The molecule has 0 aromatic heterocycles. The lowest BCUT2D eigenvalue weighted by atomic mass is 9.76. The summed E-state index contributed by atoms with van der Waals surface area (Å²) >= 11 is 0. The number of fused-ring (bicyclic) bond motifs is 4. The van der Waals surface area contributed by atoms with E-state index in [0.29, 0.717) is 44.0 Å². The minimum atomic E-state index is -0.843. The summed E-state index contributed by atoms with van der Waals surface area (Å²) in [5.41, 5.74) is 0.905. The fraction of sp³-hybridized carbons (Fsp3) is 0.615. The van der Waals surface area contributed by atoms with Crippen LogP contribution in [0.25, 0.3) is 0 Å².